The highest BCUT2D eigenvalue weighted by molar-refractivity contribution is 6.33. The van der Waals surface area contributed by atoms with Gasteiger partial charge >= 0.3 is 5.69 Å². The van der Waals surface area contributed by atoms with Gasteiger partial charge in [0.25, 0.3) is 0 Å². The van der Waals surface area contributed by atoms with Crippen molar-refractivity contribution in [3.63, 3.8) is 0 Å². The third kappa shape index (κ3) is 4.47. The molecule has 0 bridgehead atoms. The van der Waals surface area contributed by atoms with Crippen LogP contribution in [0.5, 0.6) is 5.88 Å². The fourth-order valence-electron chi connectivity index (χ4n) is 4.02. The standard InChI is InChI=1S/C23H23ClN8O3/c24-16-10-15(31-5-7-35-8-6-31)3-4-17(16)27-19-11-20(26-14-1-2-14)32-21(29-19)13(12-25-32)9-18-22(33)30-23(34)28-18/h3-4,9-12,14,27,33H,1-2,5-8H2,(H2,28,30,34)/b13-9-,26-20?. The van der Waals surface area contributed by atoms with Gasteiger partial charge in [-0.2, -0.15) is 9.61 Å². The minimum Gasteiger partial charge on any atom is -0.493 e. The molecule has 1 saturated carbocycles. The zero-order valence-electron chi connectivity index (χ0n) is 18.7. The Morgan fingerprint density at radius 1 is 1.23 bits per heavy atom. The second kappa shape index (κ2) is 8.75. The summed E-state index contributed by atoms with van der Waals surface area (Å²) in [4.78, 5) is 28.1. The van der Waals surface area contributed by atoms with Gasteiger partial charge < -0.3 is 25.0 Å². The van der Waals surface area contributed by atoms with Crippen molar-refractivity contribution >= 4 is 40.5 Å². The Morgan fingerprint density at radius 3 is 2.77 bits per heavy atom. The largest absolute Gasteiger partial charge is 0.493 e. The van der Waals surface area contributed by atoms with Crippen LogP contribution in [0.25, 0.3) is 11.7 Å². The lowest BCUT2D eigenvalue weighted by molar-refractivity contribution is 0.122. The van der Waals surface area contributed by atoms with Crippen molar-refractivity contribution in [1.82, 2.24) is 24.6 Å². The number of aromatic amines is 2. The SMILES string of the molecule is O=c1[nH]c(O)c(/C=c2/cnn3c(=NC4CC4)cc(Nc4ccc(N5CCOCC5)cc4Cl)nc23)[nH]1. The maximum absolute atomic E-state index is 11.5. The van der Waals surface area contributed by atoms with Crippen molar-refractivity contribution < 1.29 is 9.84 Å². The van der Waals surface area contributed by atoms with Gasteiger partial charge in [-0.15, -0.1) is 0 Å². The monoisotopic (exact) mass is 494 g/mol. The first-order valence-electron chi connectivity index (χ1n) is 11.4. The van der Waals surface area contributed by atoms with Crippen molar-refractivity contribution in [1.29, 1.82) is 0 Å². The van der Waals surface area contributed by atoms with Gasteiger partial charge in [-0.05, 0) is 37.1 Å². The minimum absolute atomic E-state index is 0.243. The number of fused-ring (bicyclic) bond motifs is 1. The number of morpholine rings is 1. The number of ether oxygens (including phenoxy) is 1. The average Bonchev–Trinajstić information content (AvgIpc) is 3.49. The van der Waals surface area contributed by atoms with Gasteiger partial charge in [0.05, 0.1) is 36.2 Å². The number of H-pyrrole nitrogens is 2. The molecule has 2 fully saturated rings. The summed E-state index contributed by atoms with van der Waals surface area (Å²) in [6.07, 6.45) is 5.31. The lowest BCUT2D eigenvalue weighted by Gasteiger charge is -2.29. The number of anilines is 3. The van der Waals surface area contributed by atoms with Crippen molar-refractivity contribution in [2.45, 2.75) is 18.9 Å². The number of benzene rings is 1. The van der Waals surface area contributed by atoms with Crippen LogP contribution in [0.1, 0.15) is 18.5 Å². The molecule has 0 spiro atoms. The van der Waals surface area contributed by atoms with Crippen LogP contribution in [0.15, 0.2) is 40.2 Å². The van der Waals surface area contributed by atoms with Gasteiger partial charge in [0, 0.05) is 30.1 Å². The minimum atomic E-state index is -0.500. The van der Waals surface area contributed by atoms with Crippen LogP contribution >= 0.6 is 11.6 Å². The van der Waals surface area contributed by atoms with Crippen LogP contribution in [-0.2, 0) is 4.74 Å². The summed E-state index contributed by atoms with van der Waals surface area (Å²) < 4.78 is 7.09. The summed E-state index contributed by atoms with van der Waals surface area (Å²) in [7, 11) is 0. The fraction of sp³-hybridized carbons (Fsp3) is 0.304. The molecule has 0 amide bonds. The molecule has 2 aliphatic rings. The molecule has 35 heavy (non-hydrogen) atoms. The number of aromatic hydroxyl groups is 1. The third-order valence-electron chi connectivity index (χ3n) is 5.97. The molecular weight excluding hydrogens is 472 g/mol. The highest BCUT2D eigenvalue weighted by Crippen LogP contribution is 2.30. The number of hydrogen-bond acceptors (Lipinski definition) is 8. The fourth-order valence-corrected chi connectivity index (χ4v) is 4.24. The average molecular weight is 495 g/mol. The second-order valence-electron chi connectivity index (χ2n) is 8.57. The number of rotatable bonds is 5. The predicted octanol–water partition coefficient (Wildman–Crippen LogP) is 1.30. The van der Waals surface area contributed by atoms with E-state index >= 15 is 0 Å². The number of aromatic nitrogens is 5. The molecule has 0 radical (unpaired) electrons. The summed E-state index contributed by atoms with van der Waals surface area (Å²) in [5.74, 6) is 0.304. The molecular formula is C23H23ClN8O3. The van der Waals surface area contributed by atoms with Crippen LogP contribution in [0, 0.1) is 0 Å². The molecule has 1 aliphatic heterocycles. The van der Waals surface area contributed by atoms with E-state index in [2.05, 4.69) is 25.3 Å². The Bertz CT molecular complexity index is 1580. The maximum atomic E-state index is 11.5. The van der Waals surface area contributed by atoms with E-state index in [9.17, 15) is 9.90 Å². The van der Waals surface area contributed by atoms with Gasteiger partial charge in [-0.25, -0.2) is 9.78 Å². The highest BCUT2D eigenvalue weighted by Gasteiger charge is 2.20. The molecule has 11 nitrogen and oxygen atoms in total. The van der Waals surface area contributed by atoms with Crippen molar-refractivity contribution in [3.05, 3.63) is 62.4 Å². The molecule has 1 saturated heterocycles. The van der Waals surface area contributed by atoms with E-state index in [0.717, 1.165) is 37.3 Å². The first-order valence-corrected chi connectivity index (χ1v) is 11.8. The Hall–Kier alpha value is -3.83. The molecule has 0 atom stereocenters. The quantitative estimate of drug-likeness (QED) is 0.328. The Labute approximate surface area is 203 Å². The Kier molecular flexibility index (Phi) is 5.42. The lowest BCUT2D eigenvalue weighted by atomic mass is 10.2. The smallest absolute Gasteiger partial charge is 0.326 e. The van der Waals surface area contributed by atoms with Gasteiger partial charge in [0.2, 0.25) is 5.88 Å². The van der Waals surface area contributed by atoms with E-state index in [4.69, 9.17) is 26.3 Å². The van der Waals surface area contributed by atoms with E-state index in [-0.39, 0.29) is 17.6 Å². The van der Waals surface area contributed by atoms with Crippen LogP contribution < -0.4 is 26.6 Å². The molecule has 1 aromatic carbocycles. The molecule has 6 rings (SSSR count). The summed E-state index contributed by atoms with van der Waals surface area (Å²) >= 11 is 6.63. The summed E-state index contributed by atoms with van der Waals surface area (Å²) in [5, 5.41) is 18.9. The lowest BCUT2D eigenvalue weighted by Crippen LogP contribution is -2.36. The Balaban J connectivity index is 1.40. The summed E-state index contributed by atoms with van der Waals surface area (Å²) in [5.41, 5.74) is 2.69. The predicted molar refractivity (Wildman–Crippen MR) is 131 cm³/mol. The first-order chi connectivity index (χ1) is 17.0. The molecule has 12 heteroatoms. The van der Waals surface area contributed by atoms with Crippen LogP contribution in [0.4, 0.5) is 17.2 Å². The second-order valence-corrected chi connectivity index (χ2v) is 8.98. The van der Waals surface area contributed by atoms with Gasteiger partial charge in [-0.1, -0.05) is 11.6 Å². The molecule has 4 aromatic rings. The number of halogens is 1. The molecule has 4 N–H and O–H groups in total. The van der Waals surface area contributed by atoms with Crippen LogP contribution in [0.2, 0.25) is 5.02 Å². The number of nitrogens with zero attached hydrogens (tertiary/aromatic N) is 5. The van der Waals surface area contributed by atoms with Crippen molar-refractivity contribution in [3.8, 4) is 5.88 Å². The molecule has 4 heterocycles. The van der Waals surface area contributed by atoms with Crippen molar-refractivity contribution in [2.24, 2.45) is 4.99 Å². The van der Waals surface area contributed by atoms with Gasteiger partial charge in [0.15, 0.2) is 11.1 Å². The molecule has 0 unspecified atom stereocenters. The van der Waals surface area contributed by atoms with E-state index in [0.29, 0.717) is 40.4 Å². The first kappa shape index (κ1) is 21.7. The topological polar surface area (TPSA) is 136 Å². The normalized spacial score (nSPS) is 17.5. The Morgan fingerprint density at radius 2 is 2.06 bits per heavy atom. The van der Waals surface area contributed by atoms with E-state index in [1.54, 1.807) is 16.8 Å². The molecule has 1 aliphatic carbocycles. The number of imidazole rings is 1. The van der Waals surface area contributed by atoms with Crippen LogP contribution in [-0.4, -0.2) is 62.0 Å². The van der Waals surface area contributed by atoms with Crippen molar-refractivity contribution in [2.75, 3.05) is 36.5 Å². The maximum Gasteiger partial charge on any atom is 0.326 e. The van der Waals surface area contributed by atoms with E-state index in [1.165, 1.54) is 0 Å². The van der Waals surface area contributed by atoms with E-state index < -0.39 is 5.69 Å². The molecule has 180 valence electrons. The van der Waals surface area contributed by atoms with E-state index in [1.807, 2.05) is 24.3 Å². The number of nitrogens with one attached hydrogen (secondary N) is 3. The molecule has 3 aromatic heterocycles. The zero-order chi connectivity index (χ0) is 23.9. The summed E-state index contributed by atoms with van der Waals surface area (Å²) in [6, 6.07) is 8.00. The van der Waals surface area contributed by atoms with Crippen LogP contribution in [0.3, 0.4) is 0 Å². The zero-order valence-corrected chi connectivity index (χ0v) is 19.4. The van der Waals surface area contributed by atoms with Gasteiger partial charge in [0.1, 0.15) is 11.5 Å². The highest BCUT2D eigenvalue weighted by atomic mass is 35.5. The van der Waals surface area contributed by atoms with Gasteiger partial charge in [-0.3, -0.25) is 9.98 Å². The third-order valence-corrected chi connectivity index (χ3v) is 6.28. The number of hydrogen-bond donors (Lipinski definition) is 4. The summed E-state index contributed by atoms with van der Waals surface area (Å²) in [6.45, 7) is 3.06.